The van der Waals surface area contributed by atoms with E-state index in [0.717, 1.165) is 23.3 Å². The van der Waals surface area contributed by atoms with Crippen LogP contribution in [-0.4, -0.2) is 17.6 Å². The third-order valence-electron chi connectivity index (χ3n) is 2.77. The number of hydrogen-bond donors (Lipinski definition) is 1. The van der Waals surface area contributed by atoms with Gasteiger partial charge in [0.25, 0.3) is 0 Å². The second kappa shape index (κ2) is 4.49. The molecular formula is C11H19N3S. The van der Waals surface area contributed by atoms with E-state index in [0.29, 0.717) is 12.6 Å². The van der Waals surface area contributed by atoms with Gasteiger partial charge in [0.2, 0.25) is 0 Å². The Kier molecular flexibility index (Phi) is 3.26. The standard InChI is InChI=1S/C11H19N3S/c1-8(2)14(6-9-3-4-9)11-13-10(5-12)7-15-11/h7-9H,3-6,12H2,1-2H3. The molecule has 0 spiro atoms. The van der Waals surface area contributed by atoms with Crippen LogP contribution in [0.4, 0.5) is 5.13 Å². The number of rotatable bonds is 5. The van der Waals surface area contributed by atoms with Crippen LogP contribution in [0.5, 0.6) is 0 Å². The minimum Gasteiger partial charge on any atom is -0.345 e. The van der Waals surface area contributed by atoms with Gasteiger partial charge in [0.15, 0.2) is 5.13 Å². The van der Waals surface area contributed by atoms with E-state index in [9.17, 15) is 0 Å². The minimum absolute atomic E-state index is 0.530. The molecule has 1 heterocycles. The van der Waals surface area contributed by atoms with Crippen LogP contribution in [0, 0.1) is 5.92 Å². The number of anilines is 1. The summed E-state index contributed by atoms with van der Waals surface area (Å²) in [6.45, 7) is 6.17. The topological polar surface area (TPSA) is 42.2 Å². The van der Waals surface area contributed by atoms with Crippen molar-refractivity contribution in [2.75, 3.05) is 11.4 Å². The molecule has 4 heteroatoms. The maximum atomic E-state index is 5.58. The Morgan fingerprint density at radius 1 is 1.60 bits per heavy atom. The number of hydrogen-bond acceptors (Lipinski definition) is 4. The van der Waals surface area contributed by atoms with Crippen molar-refractivity contribution in [2.24, 2.45) is 11.7 Å². The van der Waals surface area contributed by atoms with Crippen molar-refractivity contribution < 1.29 is 0 Å². The van der Waals surface area contributed by atoms with E-state index in [2.05, 4.69) is 29.1 Å². The van der Waals surface area contributed by atoms with E-state index in [-0.39, 0.29) is 0 Å². The second-order valence-electron chi connectivity index (χ2n) is 4.52. The average Bonchev–Trinajstić information content (AvgIpc) is 2.91. The van der Waals surface area contributed by atoms with Crippen LogP contribution >= 0.6 is 11.3 Å². The van der Waals surface area contributed by atoms with Crippen molar-refractivity contribution >= 4 is 16.5 Å². The maximum absolute atomic E-state index is 5.58. The average molecular weight is 225 g/mol. The van der Waals surface area contributed by atoms with Crippen LogP contribution in [0.1, 0.15) is 32.4 Å². The van der Waals surface area contributed by atoms with Gasteiger partial charge in [0, 0.05) is 24.5 Å². The first kappa shape index (κ1) is 10.9. The van der Waals surface area contributed by atoms with E-state index in [1.54, 1.807) is 11.3 Å². The molecular weight excluding hydrogens is 206 g/mol. The minimum atomic E-state index is 0.530. The molecule has 3 nitrogen and oxygen atoms in total. The summed E-state index contributed by atoms with van der Waals surface area (Å²) < 4.78 is 0. The molecule has 1 aromatic heterocycles. The van der Waals surface area contributed by atoms with Gasteiger partial charge in [-0.15, -0.1) is 11.3 Å². The lowest BCUT2D eigenvalue weighted by molar-refractivity contribution is 0.642. The maximum Gasteiger partial charge on any atom is 0.185 e. The Labute approximate surface area is 95.3 Å². The Hall–Kier alpha value is -0.610. The first-order valence-electron chi connectivity index (χ1n) is 5.61. The van der Waals surface area contributed by atoms with Gasteiger partial charge in [-0.3, -0.25) is 0 Å². The highest BCUT2D eigenvalue weighted by atomic mass is 32.1. The van der Waals surface area contributed by atoms with Crippen molar-refractivity contribution in [3.05, 3.63) is 11.1 Å². The predicted octanol–water partition coefficient (Wildman–Crippen LogP) is 2.23. The fraction of sp³-hybridized carbons (Fsp3) is 0.727. The Morgan fingerprint density at radius 3 is 2.80 bits per heavy atom. The normalized spacial score (nSPS) is 16.0. The van der Waals surface area contributed by atoms with Gasteiger partial charge in [-0.2, -0.15) is 0 Å². The van der Waals surface area contributed by atoms with E-state index in [4.69, 9.17) is 5.73 Å². The smallest absolute Gasteiger partial charge is 0.185 e. The molecule has 0 amide bonds. The molecule has 1 saturated carbocycles. The third-order valence-corrected chi connectivity index (χ3v) is 3.70. The number of aromatic nitrogens is 1. The van der Waals surface area contributed by atoms with Crippen LogP contribution in [0.2, 0.25) is 0 Å². The number of nitrogens with two attached hydrogens (primary N) is 1. The van der Waals surface area contributed by atoms with Gasteiger partial charge >= 0.3 is 0 Å². The zero-order valence-corrected chi connectivity index (χ0v) is 10.3. The van der Waals surface area contributed by atoms with Gasteiger partial charge in [-0.05, 0) is 32.6 Å². The molecule has 1 fully saturated rings. The highest BCUT2D eigenvalue weighted by Gasteiger charge is 2.26. The zero-order chi connectivity index (χ0) is 10.8. The van der Waals surface area contributed by atoms with Crippen molar-refractivity contribution in [3.63, 3.8) is 0 Å². The van der Waals surface area contributed by atoms with Gasteiger partial charge in [0.05, 0.1) is 5.69 Å². The molecule has 2 N–H and O–H groups in total. The van der Waals surface area contributed by atoms with E-state index >= 15 is 0 Å². The third kappa shape index (κ3) is 2.69. The molecule has 0 aliphatic heterocycles. The summed E-state index contributed by atoms with van der Waals surface area (Å²) in [6.07, 6.45) is 2.77. The van der Waals surface area contributed by atoms with Gasteiger partial charge in [-0.25, -0.2) is 4.98 Å². The van der Waals surface area contributed by atoms with E-state index in [1.165, 1.54) is 12.8 Å². The van der Waals surface area contributed by atoms with Crippen molar-refractivity contribution in [1.29, 1.82) is 0 Å². The SMILES string of the molecule is CC(C)N(CC1CC1)c1nc(CN)cs1. The largest absolute Gasteiger partial charge is 0.345 e. The fourth-order valence-corrected chi connectivity index (χ4v) is 2.59. The van der Waals surface area contributed by atoms with Gasteiger partial charge < -0.3 is 10.6 Å². The molecule has 0 saturated heterocycles. The molecule has 0 aromatic carbocycles. The van der Waals surface area contributed by atoms with Crippen molar-refractivity contribution in [2.45, 2.75) is 39.3 Å². The van der Waals surface area contributed by atoms with Crippen LogP contribution in [0.3, 0.4) is 0 Å². The van der Waals surface area contributed by atoms with Gasteiger partial charge in [0.1, 0.15) is 0 Å². The molecule has 0 radical (unpaired) electrons. The summed E-state index contributed by atoms with van der Waals surface area (Å²) in [6, 6.07) is 0.530. The Balaban J connectivity index is 2.07. The summed E-state index contributed by atoms with van der Waals surface area (Å²) in [5.74, 6) is 0.901. The summed E-state index contributed by atoms with van der Waals surface area (Å²) in [5.41, 5.74) is 6.59. The lowest BCUT2D eigenvalue weighted by Crippen LogP contribution is -2.32. The van der Waals surface area contributed by atoms with Crippen molar-refractivity contribution in [1.82, 2.24) is 4.98 Å². The van der Waals surface area contributed by atoms with Crippen molar-refractivity contribution in [3.8, 4) is 0 Å². The lowest BCUT2D eigenvalue weighted by Gasteiger charge is -2.26. The monoisotopic (exact) mass is 225 g/mol. The second-order valence-corrected chi connectivity index (χ2v) is 5.35. The Bertz CT molecular complexity index is 317. The molecule has 15 heavy (non-hydrogen) atoms. The van der Waals surface area contributed by atoms with Crippen LogP contribution in [-0.2, 0) is 6.54 Å². The van der Waals surface area contributed by atoms with Crippen LogP contribution < -0.4 is 10.6 Å². The number of nitrogens with zero attached hydrogens (tertiary/aromatic N) is 2. The highest BCUT2D eigenvalue weighted by molar-refractivity contribution is 7.13. The molecule has 0 atom stereocenters. The molecule has 0 unspecified atom stereocenters. The summed E-state index contributed by atoms with van der Waals surface area (Å²) >= 11 is 1.72. The quantitative estimate of drug-likeness (QED) is 0.835. The summed E-state index contributed by atoms with van der Waals surface area (Å²) in [5, 5.41) is 3.20. The lowest BCUT2D eigenvalue weighted by atomic mass is 10.3. The van der Waals surface area contributed by atoms with Gasteiger partial charge in [-0.1, -0.05) is 0 Å². The summed E-state index contributed by atoms with van der Waals surface area (Å²) in [4.78, 5) is 6.95. The molecule has 1 aliphatic carbocycles. The van der Waals surface area contributed by atoms with Crippen LogP contribution in [0.25, 0.3) is 0 Å². The first-order chi connectivity index (χ1) is 7.20. The first-order valence-corrected chi connectivity index (χ1v) is 6.49. The predicted molar refractivity (Wildman–Crippen MR) is 65.2 cm³/mol. The van der Waals surface area contributed by atoms with E-state index < -0.39 is 0 Å². The molecule has 2 rings (SSSR count). The number of thiazole rings is 1. The fourth-order valence-electron chi connectivity index (χ4n) is 1.61. The Morgan fingerprint density at radius 2 is 2.33 bits per heavy atom. The molecule has 0 bridgehead atoms. The molecule has 1 aromatic rings. The van der Waals surface area contributed by atoms with E-state index in [1.807, 2.05) is 0 Å². The molecule has 1 aliphatic rings. The zero-order valence-electron chi connectivity index (χ0n) is 9.44. The van der Waals surface area contributed by atoms with Crippen LogP contribution in [0.15, 0.2) is 5.38 Å². The highest BCUT2D eigenvalue weighted by Crippen LogP contribution is 2.33. The molecule has 84 valence electrons. The summed E-state index contributed by atoms with van der Waals surface area (Å²) in [7, 11) is 0.